The van der Waals surface area contributed by atoms with Gasteiger partial charge >= 0.3 is 0 Å². The van der Waals surface area contributed by atoms with Gasteiger partial charge in [0.05, 0.1) is 32.2 Å². The van der Waals surface area contributed by atoms with Crippen molar-refractivity contribution in [3.05, 3.63) is 53.3 Å². The van der Waals surface area contributed by atoms with Gasteiger partial charge in [-0.15, -0.1) is 10.2 Å². The third kappa shape index (κ3) is 5.58. The van der Waals surface area contributed by atoms with Gasteiger partial charge in [-0.3, -0.25) is 4.79 Å². The van der Waals surface area contributed by atoms with Crippen molar-refractivity contribution in [3.8, 4) is 11.5 Å². The van der Waals surface area contributed by atoms with E-state index in [1.54, 1.807) is 25.3 Å². The quantitative estimate of drug-likeness (QED) is 0.482. The molecule has 3 aromatic rings. The third-order valence-electron chi connectivity index (χ3n) is 4.23. The second-order valence-electron chi connectivity index (χ2n) is 6.22. The SMILES string of the molecule is COc1ccc(NCc2nnc(SCC(=O)Nc3cc(Cl)ccc3OC)n2C)cc1. The van der Waals surface area contributed by atoms with E-state index in [0.717, 1.165) is 17.3 Å². The van der Waals surface area contributed by atoms with E-state index in [9.17, 15) is 4.79 Å². The molecule has 158 valence electrons. The van der Waals surface area contributed by atoms with Crippen molar-refractivity contribution in [1.82, 2.24) is 14.8 Å². The summed E-state index contributed by atoms with van der Waals surface area (Å²) >= 11 is 7.30. The number of nitrogens with one attached hydrogen (secondary N) is 2. The average Bonchev–Trinajstić information content (AvgIpc) is 3.10. The Morgan fingerprint density at radius 3 is 2.60 bits per heavy atom. The van der Waals surface area contributed by atoms with Crippen LogP contribution in [0.2, 0.25) is 5.02 Å². The van der Waals surface area contributed by atoms with Gasteiger partial charge in [-0.2, -0.15) is 0 Å². The van der Waals surface area contributed by atoms with Gasteiger partial charge in [0.15, 0.2) is 11.0 Å². The normalized spacial score (nSPS) is 10.5. The van der Waals surface area contributed by atoms with Crippen molar-refractivity contribution >= 4 is 40.6 Å². The van der Waals surface area contributed by atoms with Gasteiger partial charge in [-0.1, -0.05) is 23.4 Å². The van der Waals surface area contributed by atoms with Crippen molar-refractivity contribution in [3.63, 3.8) is 0 Å². The van der Waals surface area contributed by atoms with Gasteiger partial charge in [0, 0.05) is 17.8 Å². The highest BCUT2D eigenvalue weighted by Crippen LogP contribution is 2.28. The van der Waals surface area contributed by atoms with Gasteiger partial charge in [-0.25, -0.2) is 0 Å². The number of aromatic nitrogens is 3. The van der Waals surface area contributed by atoms with Crippen LogP contribution in [-0.4, -0.2) is 40.6 Å². The van der Waals surface area contributed by atoms with Gasteiger partial charge in [0.1, 0.15) is 11.5 Å². The summed E-state index contributed by atoms with van der Waals surface area (Å²) in [6.45, 7) is 0.502. The van der Waals surface area contributed by atoms with Crippen LogP contribution in [0.25, 0.3) is 0 Å². The molecule has 0 aliphatic rings. The van der Waals surface area contributed by atoms with E-state index in [4.69, 9.17) is 21.1 Å². The first kappa shape index (κ1) is 21.8. The molecule has 0 radical (unpaired) electrons. The average molecular weight is 448 g/mol. The molecule has 30 heavy (non-hydrogen) atoms. The van der Waals surface area contributed by atoms with Crippen molar-refractivity contribution < 1.29 is 14.3 Å². The first-order chi connectivity index (χ1) is 14.5. The summed E-state index contributed by atoms with van der Waals surface area (Å²) in [6, 6.07) is 12.7. The highest BCUT2D eigenvalue weighted by Gasteiger charge is 2.13. The minimum absolute atomic E-state index is 0.174. The number of ether oxygens (including phenoxy) is 2. The van der Waals surface area contributed by atoms with E-state index >= 15 is 0 Å². The van der Waals surface area contributed by atoms with E-state index in [1.165, 1.54) is 18.9 Å². The summed E-state index contributed by atoms with van der Waals surface area (Å²) in [4.78, 5) is 12.3. The van der Waals surface area contributed by atoms with Crippen LogP contribution in [0.1, 0.15) is 5.82 Å². The molecule has 0 saturated heterocycles. The zero-order valence-electron chi connectivity index (χ0n) is 16.8. The Morgan fingerprint density at radius 2 is 1.90 bits per heavy atom. The molecule has 0 aliphatic carbocycles. The Hall–Kier alpha value is -2.91. The zero-order chi connectivity index (χ0) is 21.5. The van der Waals surface area contributed by atoms with Gasteiger partial charge in [0.25, 0.3) is 0 Å². The summed E-state index contributed by atoms with van der Waals surface area (Å²) in [6.07, 6.45) is 0. The van der Waals surface area contributed by atoms with E-state index in [1.807, 2.05) is 35.9 Å². The number of carbonyl (C=O) groups is 1. The van der Waals surface area contributed by atoms with Crippen molar-refractivity contribution in [2.45, 2.75) is 11.7 Å². The lowest BCUT2D eigenvalue weighted by Gasteiger charge is -2.10. The Bertz CT molecular complexity index is 1010. The van der Waals surface area contributed by atoms with E-state index < -0.39 is 0 Å². The number of hydrogen-bond donors (Lipinski definition) is 2. The Balaban J connectivity index is 1.54. The molecule has 2 N–H and O–H groups in total. The van der Waals surface area contributed by atoms with Crippen LogP contribution in [-0.2, 0) is 18.4 Å². The topological polar surface area (TPSA) is 90.3 Å². The summed E-state index contributed by atoms with van der Waals surface area (Å²) in [5.74, 6) is 2.08. The highest BCUT2D eigenvalue weighted by molar-refractivity contribution is 7.99. The number of rotatable bonds is 9. The molecule has 1 aromatic heterocycles. The standard InChI is InChI=1S/C20H22ClN5O3S/c1-26-18(11-22-14-5-7-15(28-2)8-6-14)24-25-20(26)30-12-19(27)23-16-10-13(21)4-9-17(16)29-3/h4-10,22H,11-12H2,1-3H3,(H,23,27). The molecule has 10 heteroatoms. The maximum Gasteiger partial charge on any atom is 0.234 e. The van der Waals surface area contributed by atoms with Gasteiger partial charge < -0.3 is 24.7 Å². The van der Waals surface area contributed by atoms with Crippen LogP contribution in [0.5, 0.6) is 11.5 Å². The zero-order valence-corrected chi connectivity index (χ0v) is 18.4. The number of methoxy groups -OCH3 is 2. The third-order valence-corrected chi connectivity index (χ3v) is 5.49. The molecule has 0 unspecified atom stereocenters. The lowest BCUT2D eigenvalue weighted by molar-refractivity contribution is -0.113. The summed E-state index contributed by atoms with van der Waals surface area (Å²) in [7, 11) is 5.03. The molecule has 0 spiro atoms. The fraction of sp³-hybridized carbons (Fsp3) is 0.250. The predicted octanol–water partition coefficient (Wildman–Crippen LogP) is 3.83. The number of carbonyl (C=O) groups excluding carboxylic acids is 1. The number of halogens is 1. The fourth-order valence-electron chi connectivity index (χ4n) is 2.61. The van der Waals surface area contributed by atoms with Gasteiger partial charge in [-0.05, 0) is 42.5 Å². The lowest BCUT2D eigenvalue weighted by Crippen LogP contribution is -2.15. The number of hydrogen-bond acceptors (Lipinski definition) is 7. The van der Waals surface area contributed by atoms with E-state index in [-0.39, 0.29) is 11.7 Å². The summed E-state index contributed by atoms with van der Waals surface area (Å²) in [5.41, 5.74) is 1.47. The largest absolute Gasteiger partial charge is 0.497 e. The molecule has 0 atom stereocenters. The predicted molar refractivity (Wildman–Crippen MR) is 119 cm³/mol. The fourth-order valence-corrected chi connectivity index (χ4v) is 3.51. The summed E-state index contributed by atoms with van der Waals surface area (Å²) in [5, 5.41) is 15.6. The molecule has 3 rings (SSSR count). The number of benzene rings is 2. The van der Waals surface area contributed by atoms with Crippen molar-refractivity contribution in [2.24, 2.45) is 7.05 Å². The van der Waals surface area contributed by atoms with Crippen molar-refractivity contribution in [1.29, 1.82) is 0 Å². The Kier molecular flexibility index (Phi) is 7.42. The highest BCUT2D eigenvalue weighted by atomic mass is 35.5. The molecular weight excluding hydrogens is 426 g/mol. The summed E-state index contributed by atoms with van der Waals surface area (Å²) < 4.78 is 12.3. The molecule has 8 nitrogen and oxygen atoms in total. The Morgan fingerprint density at radius 1 is 1.13 bits per heavy atom. The molecule has 0 fully saturated rings. The van der Waals surface area contributed by atoms with Gasteiger partial charge in [0.2, 0.25) is 5.91 Å². The van der Waals surface area contributed by atoms with E-state index in [2.05, 4.69) is 20.8 Å². The molecule has 1 amide bonds. The number of anilines is 2. The molecule has 0 bridgehead atoms. The molecule has 1 heterocycles. The van der Waals surface area contributed by atoms with Crippen LogP contribution in [0, 0.1) is 0 Å². The monoisotopic (exact) mass is 447 g/mol. The molecule has 0 aliphatic heterocycles. The Labute approximate surface area is 183 Å². The first-order valence-electron chi connectivity index (χ1n) is 9.02. The molecule has 2 aromatic carbocycles. The molecular formula is C20H22ClN5O3S. The second-order valence-corrected chi connectivity index (χ2v) is 7.60. The maximum atomic E-state index is 12.3. The smallest absolute Gasteiger partial charge is 0.234 e. The van der Waals surface area contributed by atoms with E-state index in [0.29, 0.717) is 28.2 Å². The number of amides is 1. The number of nitrogens with zero attached hydrogens (tertiary/aromatic N) is 3. The van der Waals surface area contributed by atoms with Crippen LogP contribution in [0.4, 0.5) is 11.4 Å². The van der Waals surface area contributed by atoms with Crippen molar-refractivity contribution in [2.75, 3.05) is 30.6 Å². The first-order valence-corrected chi connectivity index (χ1v) is 10.4. The molecule has 0 saturated carbocycles. The van der Waals surface area contributed by atoms with Crippen LogP contribution in [0.3, 0.4) is 0 Å². The van der Waals surface area contributed by atoms with Crippen LogP contribution < -0.4 is 20.1 Å². The van der Waals surface area contributed by atoms with Crippen LogP contribution >= 0.6 is 23.4 Å². The minimum atomic E-state index is -0.193. The maximum absolute atomic E-state index is 12.3. The minimum Gasteiger partial charge on any atom is -0.497 e. The van der Waals surface area contributed by atoms with Crippen LogP contribution in [0.15, 0.2) is 47.6 Å². The second kappa shape index (κ2) is 10.2. The lowest BCUT2D eigenvalue weighted by atomic mass is 10.3. The number of thioether (sulfide) groups is 1.